The zero-order valence-corrected chi connectivity index (χ0v) is 11.1. The Labute approximate surface area is 109 Å². The highest BCUT2D eigenvalue weighted by Crippen LogP contribution is 2.16. The van der Waals surface area contributed by atoms with Crippen molar-refractivity contribution < 1.29 is 9.94 Å². The molecule has 0 aliphatic heterocycles. The molecular weight excluding hydrogens is 226 g/mol. The summed E-state index contributed by atoms with van der Waals surface area (Å²) >= 11 is 0. The van der Waals surface area contributed by atoms with Gasteiger partial charge >= 0.3 is 0 Å². The topological polar surface area (TPSA) is 41.8 Å². The minimum absolute atomic E-state index is 0.725. The van der Waals surface area contributed by atoms with E-state index in [1.165, 1.54) is 38.3 Å². The molecule has 3 heteroatoms. The number of para-hydroxylation sites is 1. The van der Waals surface area contributed by atoms with Crippen molar-refractivity contribution in [1.82, 2.24) is 0 Å². The second-order valence-corrected chi connectivity index (χ2v) is 4.40. The molecule has 3 nitrogen and oxygen atoms in total. The van der Waals surface area contributed by atoms with Crippen molar-refractivity contribution >= 4 is 6.21 Å². The highest BCUT2D eigenvalue weighted by Gasteiger charge is 2.00. The second-order valence-electron chi connectivity index (χ2n) is 4.40. The van der Waals surface area contributed by atoms with Gasteiger partial charge in [-0.25, -0.2) is 0 Å². The van der Waals surface area contributed by atoms with E-state index in [1.54, 1.807) is 0 Å². The van der Waals surface area contributed by atoms with Crippen molar-refractivity contribution in [3.05, 3.63) is 29.8 Å². The largest absolute Gasteiger partial charge is 0.493 e. The Morgan fingerprint density at radius 2 is 1.83 bits per heavy atom. The van der Waals surface area contributed by atoms with E-state index in [2.05, 4.69) is 12.1 Å². The van der Waals surface area contributed by atoms with Gasteiger partial charge in [0, 0.05) is 5.56 Å². The summed E-state index contributed by atoms with van der Waals surface area (Å²) < 4.78 is 5.69. The third-order valence-electron chi connectivity index (χ3n) is 2.87. The lowest BCUT2D eigenvalue weighted by Crippen LogP contribution is -2.00. The van der Waals surface area contributed by atoms with Crippen molar-refractivity contribution in [3.8, 4) is 5.75 Å². The van der Waals surface area contributed by atoms with Gasteiger partial charge in [0.15, 0.2) is 0 Å². The number of hydrogen-bond donors (Lipinski definition) is 1. The molecule has 0 saturated heterocycles. The van der Waals surface area contributed by atoms with Gasteiger partial charge in [0.25, 0.3) is 0 Å². The summed E-state index contributed by atoms with van der Waals surface area (Å²) in [6, 6.07) is 7.59. The van der Waals surface area contributed by atoms with Crippen LogP contribution in [0.25, 0.3) is 0 Å². The molecular formula is C15H23NO2. The molecule has 1 N–H and O–H groups in total. The SMILES string of the molecule is CCCCCCCCOc1ccccc1C=NO. The number of benzene rings is 1. The fourth-order valence-corrected chi connectivity index (χ4v) is 1.85. The number of unbranched alkanes of at least 4 members (excludes halogenated alkanes) is 5. The quantitative estimate of drug-likeness (QED) is 0.308. The molecule has 1 aromatic rings. The van der Waals surface area contributed by atoms with Gasteiger partial charge < -0.3 is 9.94 Å². The number of oxime groups is 1. The van der Waals surface area contributed by atoms with Gasteiger partial charge in [-0.05, 0) is 18.6 Å². The summed E-state index contributed by atoms with van der Waals surface area (Å²) in [5.41, 5.74) is 0.811. The first kappa shape index (κ1) is 14.6. The maximum absolute atomic E-state index is 8.55. The average molecular weight is 249 g/mol. The van der Waals surface area contributed by atoms with Crippen molar-refractivity contribution in [2.45, 2.75) is 45.4 Å². The molecule has 0 aliphatic rings. The van der Waals surface area contributed by atoms with Gasteiger partial charge in [-0.2, -0.15) is 0 Å². The van der Waals surface area contributed by atoms with Gasteiger partial charge in [-0.3, -0.25) is 0 Å². The van der Waals surface area contributed by atoms with Gasteiger partial charge in [0.05, 0.1) is 12.8 Å². The van der Waals surface area contributed by atoms with Crippen LogP contribution in [0.15, 0.2) is 29.4 Å². The van der Waals surface area contributed by atoms with Crippen molar-refractivity contribution in [2.75, 3.05) is 6.61 Å². The zero-order valence-electron chi connectivity index (χ0n) is 11.1. The summed E-state index contributed by atoms with van der Waals surface area (Å²) in [6.45, 7) is 2.95. The van der Waals surface area contributed by atoms with Gasteiger partial charge in [-0.15, -0.1) is 0 Å². The minimum atomic E-state index is 0.725. The molecule has 0 heterocycles. The third-order valence-corrected chi connectivity index (χ3v) is 2.87. The van der Waals surface area contributed by atoms with Crippen LogP contribution >= 0.6 is 0 Å². The van der Waals surface area contributed by atoms with E-state index in [4.69, 9.17) is 9.94 Å². The molecule has 0 unspecified atom stereocenters. The predicted molar refractivity (Wildman–Crippen MR) is 74.7 cm³/mol. The fourth-order valence-electron chi connectivity index (χ4n) is 1.85. The Hall–Kier alpha value is -1.51. The number of ether oxygens (including phenoxy) is 1. The molecule has 1 rings (SSSR count). The van der Waals surface area contributed by atoms with Crippen molar-refractivity contribution in [2.24, 2.45) is 5.16 Å². The predicted octanol–water partition coefficient (Wildman–Crippen LogP) is 4.23. The van der Waals surface area contributed by atoms with E-state index in [0.717, 1.165) is 24.3 Å². The summed E-state index contributed by atoms with van der Waals surface area (Å²) in [6.07, 6.45) is 8.92. The molecule has 100 valence electrons. The van der Waals surface area contributed by atoms with Crippen LogP contribution in [0.5, 0.6) is 5.75 Å². The molecule has 0 spiro atoms. The lowest BCUT2D eigenvalue weighted by atomic mass is 10.1. The van der Waals surface area contributed by atoms with Crippen LogP contribution in [-0.4, -0.2) is 18.0 Å². The Morgan fingerprint density at radius 3 is 2.61 bits per heavy atom. The van der Waals surface area contributed by atoms with Gasteiger partial charge in [0.1, 0.15) is 5.75 Å². The van der Waals surface area contributed by atoms with E-state index in [1.807, 2.05) is 24.3 Å². The van der Waals surface area contributed by atoms with E-state index in [9.17, 15) is 0 Å². The maximum Gasteiger partial charge on any atom is 0.128 e. The number of hydrogen-bond acceptors (Lipinski definition) is 3. The standard InChI is InChI=1S/C15H23NO2/c1-2-3-4-5-6-9-12-18-15-11-8-7-10-14(15)13-16-17/h7-8,10-11,13,17H,2-6,9,12H2,1H3. The van der Waals surface area contributed by atoms with E-state index in [-0.39, 0.29) is 0 Å². The molecule has 0 bridgehead atoms. The molecule has 0 aliphatic carbocycles. The van der Waals surface area contributed by atoms with Gasteiger partial charge in [0.2, 0.25) is 0 Å². The molecule has 0 amide bonds. The molecule has 0 fully saturated rings. The molecule has 0 radical (unpaired) electrons. The number of rotatable bonds is 9. The molecule has 1 aromatic carbocycles. The lowest BCUT2D eigenvalue weighted by Gasteiger charge is -2.08. The molecule has 0 saturated carbocycles. The summed E-state index contributed by atoms with van der Waals surface area (Å²) in [5.74, 6) is 0.781. The summed E-state index contributed by atoms with van der Waals surface area (Å²) in [7, 11) is 0. The fraction of sp³-hybridized carbons (Fsp3) is 0.533. The maximum atomic E-state index is 8.55. The van der Waals surface area contributed by atoms with Crippen LogP contribution in [0.3, 0.4) is 0 Å². The first-order valence-corrected chi connectivity index (χ1v) is 6.77. The normalized spacial score (nSPS) is 10.9. The smallest absolute Gasteiger partial charge is 0.128 e. The highest BCUT2D eigenvalue weighted by atomic mass is 16.5. The van der Waals surface area contributed by atoms with Crippen LogP contribution in [0.1, 0.15) is 51.0 Å². The second kappa shape index (κ2) is 9.51. The molecule has 0 atom stereocenters. The van der Waals surface area contributed by atoms with Crippen LogP contribution in [-0.2, 0) is 0 Å². The zero-order chi connectivity index (χ0) is 13.1. The van der Waals surface area contributed by atoms with E-state index < -0.39 is 0 Å². The summed E-state index contributed by atoms with van der Waals surface area (Å²) in [5, 5.41) is 11.6. The molecule has 18 heavy (non-hydrogen) atoms. The monoisotopic (exact) mass is 249 g/mol. The summed E-state index contributed by atoms with van der Waals surface area (Å²) in [4.78, 5) is 0. The first-order chi connectivity index (χ1) is 8.88. The van der Waals surface area contributed by atoms with Crippen LogP contribution in [0, 0.1) is 0 Å². The van der Waals surface area contributed by atoms with Crippen LogP contribution in [0.2, 0.25) is 0 Å². The van der Waals surface area contributed by atoms with Gasteiger partial charge in [-0.1, -0.05) is 56.3 Å². The van der Waals surface area contributed by atoms with Crippen molar-refractivity contribution in [1.29, 1.82) is 0 Å². The van der Waals surface area contributed by atoms with E-state index in [0.29, 0.717) is 0 Å². The Balaban J connectivity index is 2.22. The third kappa shape index (κ3) is 5.71. The Kier molecular flexibility index (Phi) is 7.69. The average Bonchev–Trinajstić information content (AvgIpc) is 2.40. The van der Waals surface area contributed by atoms with Crippen LogP contribution < -0.4 is 4.74 Å². The lowest BCUT2D eigenvalue weighted by molar-refractivity contribution is 0.302. The Morgan fingerprint density at radius 1 is 1.11 bits per heavy atom. The Bertz CT molecular complexity index is 350. The number of nitrogens with zero attached hydrogens (tertiary/aromatic N) is 1. The van der Waals surface area contributed by atoms with Crippen molar-refractivity contribution in [3.63, 3.8) is 0 Å². The first-order valence-electron chi connectivity index (χ1n) is 6.77. The highest BCUT2D eigenvalue weighted by molar-refractivity contribution is 5.82. The minimum Gasteiger partial charge on any atom is -0.493 e. The van der Waals surface area contributed by atoms with Crippen LogP contribution in [0.4, 0.5) is 0 Å². The van der Waals surface area contributed by atoms with E-state index >= 15 is 0 Å². The molecule has 0 aromatic heterocycles.